The number of aromatic nitrogens is 3. The lowest BCUT2D eigenvalue weighted by Gasteiger charge is -2.20. The highest BCUT2D eigenvalue weighted by molar-refractivity contribution is 4.69. The highest BCUT2D eigenvalue weighted by atomic mass is 15.4. The third-order valence-electron chi connectivity index (χ3n) is 3.12. The SMILES string of the molecule is CCC(C)CC(CC)NCCn1ccnn1. The zero-order chi connectivity index (χ0) is 11.8. The Morgan fingerprint density at radius 1 is 1.31 bits per heavy atom. The molecule has 0 saturated heterocycles. The van der Waals surface area contributed by atoms with Gasteiger partial charge in [0.25, 0.3) is 0 Å². The molecule has 2 atom stereocenters. The smallest absolute Gasteiger partial charge is 0.0692 e. The van der Waals surface area contributed by atoms with Crippen LogP contribution in [-0.2, 0) is 6.54 Å². The van der Waals surface area contributed by atoms with Crippen LogP contribution in [0.4, 0.5) is 0 Å². The normalized spacial score (nSPS) is 14.9. The Morgan fingerprint density at radius 2 is 2.12 bits per heavy atom. The van der Waals surface area contributed by atoms with Gasteiger partial charge in [0.2, 0.25) is 0 Å². The molecule has 0 aliphatic rings. The van der Waals surface area contributed by atoms with E-state index in [4.69, 9.17) is 0 Å². The molecule has 0 aromatic carbocycles. The molecule has 0 radical (unpaired) electrons. The predicted octanol–water partition coefficient (Wildman–Crippen LogP) is 2.08. The molecule has 1 aromatic heterocycles. The Bertz CT molecular complexity index is 258. The van der Waals surface area contributed by atoms with Crippen LogP contribution in [0, 0.1) is 5.92 Å². The Hall–Kier alpha value is -0.900. The monoisotopic (exact) mass is 224 g/mol. The van der Waals surface area contributed by atoms with Gasteiger partial charge in [-0.2, -0.15) is 0 Å². The van der Waals surface area contributed by atoms with Crippen LogP contribution in [0.15, 0.2) is 12.4 Å². The number of nitrogens with zero attached hydrogens (tertiary/aromatic N) is 3. The van der Waals surface area contributed by atoms with Gasteiger partial charge in [-0.15, -0.1) is 5.10 Å². The van der Waals surface area contributed by atoms with Gasteiger partial charge in [0.15, 0.2) is 0 Å². The van der Waals surface area contributed by atoms with Crippen LogP contribution >= 0.6 is 0 Å². The predicted molar refractivity (Wildman–Crippen MR) is 66.2 cm³/mol. The standard InChI is InChI=1S/C12H24N4/c1-4-11(3)10-12(5-2)13-6-8-16-9-7-14-15-16/h7,9,11-13H,4-6,8,10H2,1-3H3. The quantitative estimate of drug-likeness (QED) is 0.735. The maximum absolute atomic E-state index is 3.94. The van der Waals surface area contributed by atoms with Crippen LogP contribution < -0.4 is 5.32 Å². The summed E-state index contributed by atoms with van der Waals surface area (Å²) in [7, 11) is 0. The Morgan fingerprint density at radius 3 is 2.69 bits per heavy atom. The van der Waals surface area contributed by atoms with E-state index in [1.807, 2.05) is 10.9 Å². The van der Waals surface area contributed by atoms with Crippen LogP contribution in [-0.4, -0.2) is 27.6 Å². The third kappa shape index (κ3) is 4.75. The fourth-order valence-corrected chi connectivity index (χ4v) is 1.78. The van der Waals surface area contributed by atoms with E-state index in [0.29, 0.717) is 6.04 Å². The largest absolute Gasteiger partial charge is 0.312 e. The van der Waals surface area contributed by atoms with E-state index >= 15 is 0 Å². The van der Waals surface area contributed by atoms with Crippen molar-refractivity contribution in [2.75, 3.05) is 6.54 Å². The van der Waals surface area contributed by atoms with Gasteiger partial charge in [-0.1, -0.05) is 32.4 Å². The topological polar surface area (TPSA) is 42.7 Å². The van der Waals surface area contributed by atoms with Gasteiger partial charge in [-0.25, -0.2) is 0 Å². The molecule has 1 rings (SSSR count). The van der Waals surface area contributed by atoms with E-state index < -0.39 is 0 Å². The fraction of sp³-hybridized carbons (Fsp3) is 0.833. The van der Waals surface area contributed by atoms with Crippen molar-refractivity contribution in [3.63, 3.8) is 0 Å². The van der Waals surface area contributed by atoms with Crippen LogP contribution in [0.25, 0.3) is 0 Å². The maximum atomic E-state index is 3.94. The van der Waals surface area contributed by atoms with Gasteiger partial charge in [-0.05, 0) is 18.8 Å². The summed E-state index contributed by atoms with van der Waals surface area (Å²) < 4.78 is 1.86. The summed E-state index contributed by atoms with van der Waals surface area (Å²) in [5.41, 5.74) is 0. The molecule has 92 valence electrons. The first kappa shape index (κ1) is 13.2. The van der Waals surface area contributed by atoms with E-state index in [0.717, 1.165) is 19.0 Å². The number of hydrogen-bond acceptors (Lipinski definition) is 3. The Labute approximate surface area is 98.4 Å². The van der Waals surface area contributed by atoms with Crippen molar-refractivity contribution in [3.8, 4) is 0 Å². The molecule has 1 N–H and O–H groups in total. The molecule has 0 fully saturated rings. The average molecular weight is 224 g/mol. The van der Waals surface area contributed by atoms with Crippen molar-refractivity contribution in [2.45, 2.75) is 52.6 Å². The zero-order valence-corrected chi connectivity index (χ0v) is 10.7. The van der Waals surface area contributed by atoms with E-state index in [1.165, 1.54) is 19.3 Å². The van der Waals surface area contributed by atoms with Crippen molar-refractivity contribution in [3.05, 3.63) is 12.4 Å². The summed E-state index contributed by atoms with van der Waals surface area (Å²) in [6.45, 7) is 8.69. The Kier molecular flexibility index (Phi) is 6.08. The molecule has 0 saturated carbocycles. The van der Waals surface area contributed by atoms with Crippen molar-refractivity contribution in [1.29, 1.82) is 0 Å². The minimum Gasteiger partial charge on any atom is -0.312 e. The van der Waals surface area contributed by atoms with E-state index in [2.05, 4.69) is 36.4 Å². The summed E-state index contributed by atoms with van der Waals surface area (Å²) >= 11 is 0. The first-order valence-corrected chi connectivity index (χ1v) is 6.33. The molecule has 16 heavy (non-hydrogen) atoms. The lowest BCUT2D eigenvalue weighted by molar-refractivity contribution is 0.375. The summed E-state index contributed by atoms with van der Waals surface area (Å²) in [5, 5.41) is 11.3. The third-order valence-corrected chi connectivity index (χ3v) is 3.12. The number of hydrogen-bond donors (Lipinski definition) is 1. The lowest BCUT2D eigenvalue weighted by Crippen LogP contribution is -2.32. The highest BCUT2D eigenvalue weighted by Crippen LogP contribution is 2.11. The maximum Gasteiger partial charge on any atom is 0.0692 e. The van der Waals surface area contributed by atoms with Gasteiger partial charge >= 0.3 is 0 Å². The molecular formula is C12H24N4. The minimum absolute atomic E-state index is 0.637. The fourth-order valence-electron chi connectivity index (χ4n) is 1.78. The molecule has 4 nitrogen and oxygen atoms in total. The van der Waals surface area contributed by atoms with Crippen molar-refractivity contribution < 1.29 is 0 Å². The van der Waals surface area contributed by atoms with Crippen LogP contribution in [0.2, 0.25) is 0 Å². The van der Waals surface area contributed by atoms with Crippen LogP contribution in [0.1, 0.15) is 40.0 Å². The zero-order valence-electron chi connectivity index (χ0n) is 10.7. The molecule has 0 bridgehead atoms. The highest BCUT2D eigenvalue weighted by Gasteiger charge is 2.09. The van der Waals surface area contributed by atoms with E-state index in [9.17, 15) is 0 Å². The number of rotatable bonds is 8. The average Bonchev–Trinajstić information content (AvgIpc) is 2.80. The van der Waals surface area contributed by atoms with Gasteiger partial charge in [0.1, 0.15) is 0 Å². The second kappa shape index (κ2) is 7.39. The van der Waals surface area contributed by atoms with Gasteiger partial charge in [0, 0.05) is 18.8 Å². The van der Waals surface area contributed by atoms with Gasteiger partial charge in [0.05, 0.1) is 12.7 Å². The molecule has 1 aromatic rings. The molecule has 0 amide bonds. The van der Waals surface area contributed by atoms with E-state index in [1.54, 1.807) is 6.20 Å². The summed E-state index contributed by atoms with van der Waals surface area (Å²) in [6, 6.07) is 0.637. The van der Waals surface area contributed by atoms with Crippen LogP contribution in [0.3, 0.4) is 0 Å². The van der Waals surface area contributed by atoms with Gasteiger partial charge < -0.3 is 5.32 Å². The van der Waals surface area contributed by atoms with Crippen molar-refractivity contribution >= 4 is 0 Å². The van der Waals surface area contributed by atoms with Gasteiger partial charge in [-0.3, -0.25) is 4.68 Å². The summed E-state index contributed by atoms with van der Waals surface area (Å²) in [4.78, 5) is 0. The molecule has 0 spiro atoms. The van der Waals surface area contributed by atoms with Crippen LogP contribution in [0.5, 0.6) is 0 Å². The lowest BCUT2D eigenvalue weighted by atomic mass is 9.98. The molecule has 0 aliphatic carbocycles. The molecular weight excluding hydrogens is 200 g/mol. The Balaban J connectivity index is 2.18. The first-order valence-electron chi connectivity index (χ1n) is 6.33. The summed E-state index contributed by atoms with van der Waals surface area (Å²) in [6.07, 6.45) is 7.35. The molecule has 4 heteroatoms. The minimum atomic E-state index is 0.637. The van der Waals surface area contributed by atoms with Crippen molar-refractivity contribution in [2.24, 2.45) is 5.92 Å². The van der Waals surface area contributed by atoms with E-state index in [-0.39, 0.29) is 0 Å². The second-order valence-electron chi connectivity index (χ2n) is 4.47. The summed E-state index contributed by atoms with van der Waals surface area (Å²) in [5.74, 6) is 0.809. The number of nitrogens with one attached hydrogen (secondary N) is 1. The second-order valence-corrected chi connectivity index (χ2v) is 4.47. The molecule has 2 unspecified atom stereocenters. The molecule has 0 aliphatic heterocycles. The first-order chi connectivity index (χ1) is 7.76. The molecule has 1 heterocycles. The van der Waals surface area contributed by atoms with Crippen molar-refractivity contribution in [1.82, 2.24) is 20.3 Å².